The van der Waals surface area contributed by atoms with E-state index in [0.717, 1.165) is 32.0 Å². The number of hydrogen-bond donors (Lipinski definition) is 1. The fourth-order valence-corrected chi connectivity index (χ4v) is 2.65. The van der Waals surface area contributed by atoms with E-state index >= 15 is 0 Å². The maximum absolute atomic E-state index is 12.0. The van der Waals surface area contributed by atoms with E-state index < -0.39 is 5.60 Å². The van der Waals surface area contributed by atoms with Gasteiger partial charge in [0.15, 0.2) is 0 Å². The first-order chi connectivity index (χ1) is 9.17. The molecular formula is C16H32N2O2. The Bertz CT molecular complexity index is 310. The van der Waals surface area contributed by atoms with Crippen molar-refractivity contribution in [3.05, 3.63) is 0 Å². The molecule has 1 aliphatic rings. The molecule has 1 fully saturated rings. The van der Waals surface area contributed by atoms with Crippen LogP contribution >= 0.6 is 0 Å². The van der Waals surface area contributed by atoms with Crippen molar-refractivity contribution in [2.45, 2.75) is 66.0 Å². The smallest absolute Gasteiger partial charge is 0.410 e. The van der Waals surface area contributed by atoms with Crippen LogP contribution in [0.1, 0.15) is 54.4 Å². The third-order valence-corrected chi connectivity index (χ3v) is 3.52. The maximum Gasteiger partial charge on any atom is 0.410 e. The Morgan fingerprint density at radius 3 is 2.55 bits per heavy atom. The van der Waals surface area contributed by atoms with Gasteiger partial charge in [0.1, 0.15) is 5.60 Å². The van der Waals surface area contributed by atoms with E-state index in [9.17, 15) is 4.79 Å². The highest BCUT2D eigenvalue weighted by Crippen LogP contribution is 2.19. The molecule has 1 amide bonds. The summed E-state index contributed by atoms with van der Waals surface area (Å²) in [4.78, 5) is 13.8. The van der Waals surface area contributed by atoms with Crippen molar-refractivity contribution in [1.82, 2.24) is 10.2 Å². The molecular weight excluding hydrogens is 252 g/mol. The lowest BCUT2D eigenvalue weighted by Gasteiger charge is -2.24. The summed E-state index contributed by atoms with van der Waals surface area (Å²) < 4.78 is 5.41. The van der Waals surface area contributed by atoms with Gasteiger partial charge in [0.2, 0.25) is 0 Å². The van der Waals surface area contributed by atoms with Gasteiger partial charge in [-0.15, -0.1) is 0 Å². The van der Waals surface area contributed by atoms with Crippen molar-refractivity contribution in [2.75, 3.05) is 19.6 Å². The Morgan fingerprint density at radius 2 is 2.00 bits per heavy atom. The number of rotatable bonds is 5. The summed E-state index contributed by atoms with van der Waals surface area (Å²) in [6, 6.07) is 0.547. The van der Waals surface area contributed by atoms with Crippen LogP contribution in [0.5, 0.6) is 0 Å². The van der Waals surface area contributed by atoms with E-state index in [2.05, 4.69) is 26.1 Å². The molecule has 0 saturated carbocycles. The van der Waals surface area contributed by atoms with E-state index in [4.69, 9.17) is 4.74 Å². The molecule has 0 radical (unpaired) electrons. The van der Waals surface area contributed by atoms with Gasteiger partial charge in [-0.05, 0) is 58.9 Å². The zero-order chi connectivity index (χ0) is 15.3. The van der Waals surface area contributed by atoms with Gasteiger partial charge in [-0.1, -0.05) is 13.8 Å². The van der Waals surface area contributed by atoms with Gasteiger partial charge in [-0.25, -0.2) is 4.79 Å². The predicted molar refractivity (Wildman–Crippen MR) is 82.8 cm³/mol. The normalized spacial score (nSPS) is 21.4. The van der Waals surface area contributed by atoms with Crippen LogP contribution in [0.15, 0.2) is 0 Å². The van der Waals surface area contributed by atoms with Gasteiger partial charge in [-0.2, -0.15) is 0 Å². The molecule has 0 aromatic heterocycles. The van der Waals surface area contributed by atoms with Crippen LogP contribution < -0.4 is 5.32 Å². The van der Waals surface area contributed by atoms with Crippen LogP contribution in [0, 0.1) is 11.8 Å². The van der Waals surface area contributed by atoms with E-state index in [1.165, 1.54) is 6.42 Å². The molecule has 20 heavy (non-hydrogen) atoms. The van der Waals surface area contributed by atoms with Crippen molar-refractivity contribution in [2.24, 2.45) is 11.8 Å². The Labute approximate surface area is 124 Å². The zero-order valence-electron chi connectivity index (χ0n) is 14.0. The van der Waals surface area contributed by atoms with E-state index in [-0.39, 0.29) is 6.09 Å². The highest BCUT2D eigenvalue weighted by molar-refractivity contribution is 5.68. The van der Waals surface area contributed by atoms with Gasteiger partial charge in [0, 0.05) is 19.1 Å². The minimum absolute atomic E-state index is 0.171. The first kappa shape index (κ1) is 17.3. The summed E-state index contributed by atoms with van der Waals surface area (Å²) in [6.45, 7) is 15.1. The molecule has 1 aliphatic heterocycles. The third kappa shape index (κ3) is 6.60. The quantitative estimate of drug-likeness (QED) is 0.842. The number of nitrogens with one attached hydrogen (secondary N) is 1. The molecule has 2 unspecified atom stereocenters. The fourth-order valence-electron chi connectivity index (χ4n) is 2.65. The van der Waals surface area contributed by atoms with Crippen molar-refractivity contribution < 1.29 is 9.53 Å². The maximum atomic E-state index is 12.0. The fraction of sp³-hybridized carbons (Fsp3) is 0.938. The highest BCUT2D eigenvalue weighted by Gasteiger charge is 2.29. The van der Waals surface area contributed by atoms with Crippen molar-refractivity contribution in [3.8, 4) is 0 Å². The number of nitrogens with zero attached hydrogens (tertiary/aromatic N) is 1. The number of hydrogen-bond acceptors (Lipinski definition) is 3. The monoisotopic (exact) mass is 284 g/mol. The van der Waals surface area contributed by atoms with E-state index in [1.807, 2.05) is 25.7 Å². The molecule has 0 aromatic carbocycles. The second kappa shape index (κ2) is 7.30. The number of amides is 1. The van der Waals surface area contributed by atoms with Gasteiger partial charge < -0.3 is 15.0 Å². The number of carbonyl (C=O) groups excluding carboxylic acids is 1. The second-order valence-electron chi connectivity index (χ2n) is 7.52. The average Bonchev–Trinajstić information content (AvgIpc) is 2.71. The average molecular weight is 284 g/mol. The van der Waals surface area contributed by atoms with Crippen LogP contribution in [-0.2, 0) is 4.74 Å². The minimum Gasteiger partial charge on any atom is -0.444 e. The Hall–Kier alpha value is -0.770. The largest absolute Gasteiger partial charge is 0.444 e. The standard InChI is InChI=1S/C16H32N2O2/c1-12(2)9-13(3)17-10-14-7-8-18(11-14)15(19)20-16(4,5)6/h12-14,17H,7-11H2,1-6H3. The van der Waals surface area contributed by atoms with Crippen LogP contribution in [0.25, 0.3) is 0 Å². The van der Waals surface area contributed by atoms with Gasteiger partial charge in [-0.3, -0.25) is 0 Å². The molecule has 0 bridgehead atoms. The number of carbonyl (C=O) groups is 1. The molecule has 4 nitrogen and oxygen atoms in total. The lowest BCUT2D eigenvalue weighted by Crippen LogP contribution is -2.37. The molecule has 1 saturated heterocycles. The molecule has 2 atom stereocenters. The van der Waals surface area contributed by atoms with Crippen molar-refractivity contribution in [3.63, 3.8) is 0 Å². The molecule has 1 N–H and O–H groups in total. The number of likely N-dealkylation sites (tertiary alicyclic amines) is 1. The van der Waals surface area contributed by atoms with Crippen LogP contribution in [0.3, 0.4) is 0 Å². The van der Waals surface area contributed by atoms with Crippen molar-refractivity contribution in [1.29, 1.82) is 0 Å². The minimum atomic E-state index is -0.404. The van der Waals surface area contributed by atoms with E-state index in [0.29, 0.717) is 12.0 Å². The Morgan fingerprint density at radius 1 is 1.35 bits per heavy atom. The second-order valence-corrected chi connectivity index (χ2v) is 7.52. The van der Waals surface area contributed by atoms with Gasteiger partial charge in [0.25, 0.3) is 0 Å². The first-order valence-corrected chi connectivity index (χ1v) is 7.88. The topological polar surface area (TPSA) is 41.6 Å². The molecule has 118 valence electrons. The highest BCUT2D eigenvalue weighted by atomic mass is 16.6. The molecule has 1 rings (SSSR count). The molecule has 4 heteroatoms. The van der Waals surface area contributed by atoms with Crippen LogP contribution in [0.4, 0.5) is 4.79 Å². The zero-order valence-corrected chi connectivity index (χ0v) is 14.0. The van der Waals surface area contributed by atoms with Crippen LogP contribution in [-0.4, -0.2) is 42.3 Å². The van der Waals surface area contributed by atoms with E-state index in [1.54, 1.807) is 0 Å². The first-order valence-electron chi connectivity index (χ1n) is 7.88. The van der Waals surface area contributed by atoms with Crippen LogP contribution in [0.2, 0.25) is 0 Å². The predicted octanol–water partition coefficient (Wildman–Crippen LogP) is 3.27. The summed E-state index contributed by atoms with van der Waals surface area (Å²) in [5.41, 5.74) is -0.404. The SMILES string of the molecule is CC(C)CC(C)NCC1CCN(C(=O)OC(C)(C)C)C1. The molecule has 0 aromatic rings. The van der Waals surface area contributed by atoms with Gasteiger partial charge in [0.05, 0.1) is 0 Å². The molecule has 0 spiro atoms. The summed E-state index contributed by atoms with van der Waals surface area (Å²) >= 11 is 0. The number of ether oxygens (including phenoxy) is 1. The lowest BCUT2D eigenvalue weighted by atomic mass is 10.0. The molecule has 0 aliphatic carbocycles. The Kier molecular flexibility index (Phi) is 6.31. The summed E-state index contributed by atoms with van der Waals surface area (Å²) in [5, 5.41) is 3.58. The molecule has 1 heterocycles. The van der Waals surface area contributed by atoms with Crippen molar-refractivity contribution >= 4 is 6.09 Å². The van der Waals surface area contributed by atoms with Gasteiger partial charge >= 0.3 is 6.09 Å². The third-order valence-electron chi connectivity index (χ3n) is 3.52. The summed E-state index contributed by atoms with van der Waals surface area (Å²) in [5.74, 6) is 1.27. The summed E-state index contributed by atoms with van der Waals surface area (Å²) in [7, 11) is 0. The summed E-state index contributed by atoms with van der Waals surface area (Å²) in [6.07, 6.45) is 2.10. The lowest BCUT2D eigenvalue weighted by molar-refractivity contribution is 0.0288. The Balaban J connectivity index is 2.28.